The molecule has 0 bridgehead atoms. The molecule has 0 radical (unpaired) electrons. The van der Waals surface area contributed by atoms with Gasteiger partial charge < -0.3 is 9.15 Å². The van der Waals surface area contributed by atoms with Crippen LogP contribution in [0.25, 0.3) is 0 Å². The van der Waals surface area contributed by atoms with Crippen molar-refractivity contribution in [2.45, 2.75) is 39.2 Å². The smallest absolute Gasteiger partial charge is 0.335 e. The summed E-state index contributed by atoms with van der Waals surface area (Å²) >= 11 is 0. The molecule has 16 heavy (non-hydrogen) atoms. The molecule has 0 saturated heterocycles. The zero-order valence-corrected chi connectivity index (χ0v) is 9.56. The normalized spacial score (nSPS) is 12.1. The van der Waals surface area contributed by atoms with Crippen LogP contribution in [0.5, 0.6) is 0 Å². The molecule has 4 nitrogen and oxygen atoms in total. The lowest BCUT2D eigenvalue weighted by atomic mass is 10.1. The molecule has 1 rings (SSSR count). The monoisotopic (exact) mass is 224 g/mol. The average molecular weight is 224 g/mol. The zero-order valence-electron chi connectivity index (χ0n) is 9.56. The van der Waals surface area contributed by atoms with Gasteiger partial charge >= 0.3 is 11.6 Å². The summed E-state index contributed by atoms with van der Waals surface area (Å²) in [5.41, 5.74) is -0.425. The Balaban J connectivity index is 2.82. The second-order valence-corrected chi connectivity index (χ2v) is 3.59. The summed E-state index contributed by atoms with van der Waals surface area (Å²) in [4.78, 5) is 22.0. The van der Waals surface area contributed by atoms with Crippen molar-refractivity contribution in [3.05, 3.63) is 34.4 Å². The minimum Gasteiger partial charge on any atom is -0.454 e. The first-order valence-corrected chi connectivity index (χ1v) is 5.40. The number of rotatable bonds is 5. The van der Waals surface area contributed by atoms with Crippen LogP contribution in [0.2, 0.25) is 0 Å². The second-order valence-electron chi connectivity index (χ2n) is 3.59. The molecule has 0 spiro atoms. The Morgan fingerprint density at radius 1 is 1.50 bits per heavy atom. The number of hydrogen-bond acceptors (Lipinski definition) is 4. The maximum absolute atomic E-state index is 11.0. The lowest BCUT2D eigenvalue weighted by Crippen LogP contribution is -2.11. The Hall–Kier alpha value is -1.58. The van der Waals surface area contributed by atoms with Crippen LogP contribution in [0.15, 0.2) is 27.4 Å². The summed E-state index contributed by atoms with van der Waals surface area (Å²) in [6.45, 7) is 3.39. The Morgan fingerprint density at radius 3 is 2.81 bits per heavy atom. The summed E-state index contributed by atoms with van der Waals surface area (Å²) in [5.74, 6) is 0.0451. The van der Waals surface area contributed by atoms with Crippen molar-refractivity contribution in [3.8, 4) is 0 Å². The van der Waals surface area contributed by atoms with Crippen LogP contribution >= 0.6 is 0 Å². The van der Waals surface area contributed by atoms with E-state index in [9.17, 15) is 9.59 Å². The highest BCUT2D eigenvalue weighted by molar-refractivity contribution is 5.66. The van der Waals surface area contributed by atoms with E-state index in [1.54, 1.807) is 12.1 Å². The number of ether oxygens (including phenoxy) is 1. The van der Waals surface area contributed by atoms with Crippen LogP contribution < -0.4 is 5.63 Å². The highest BCUT2D eigenvalue weighted by atomic mass is 16.6. The summed E-state index contributed by atoms with van der Waals surface area (Å²) < 4.78 is 10.1. The minimum atomic E-state index is -0.452. The third-order valence-electron chi connectivity index (χ3n) is 2.16. The van der Waals surface area contributed by atoms with Gasteiger partial charge in [0.15, 0.2) is 6.10 Å². The highest BCUT2D eigenvalue weighted by Gasteiger charge is 2.16. The molecule has 1 heterocycles. The Bertz CT molecular complexity index is 394. The fourth-order valence-electron chi connectivity index (χ4n) is 1.43. The third kappa shape index (κ3) is 3.88. The van der Waals surface area contributed by atoms with Crippen molar-refractivity contribution >= 4 is 5.97 Å². The van der Waals surface area contributed by atoms with E-state index in [1.807, 2.05) is 6.92 Å². The molecule has 1 atom stereocenters. The standard InChI is InChI=1S/C12H16O4/c1-3-4-6-10(15-9(2)13)11-7-5-8-12(14)16-11/h5,7-8,10H,3-4,6H2,1-2H3/t10-/m0/s1. The van der Waals surface area contributed by atoms with Gasteiger partial charge in [0.1, 0.15) is 5.76 Å². The lowest BCUT2D eigenvalue weighted by molar-refractivity contribution is -0.148. The van der Waals surface area contributed by atoms with Gasteiger partial charge in [-0.2, -0.15) is 0 Å². The summed E-state index contributed by atoms with van der Waals surface area (Å²) in [6.07, 6.45) is 2.13. The molecular weight excluding hydrogens is 208 g/mol. The van der Waals surface area contributed by atoms with Crippen LogP contribution in [0.4, 0.5) is 0 Å². The first-order valence-electron chi connectivity index (χ1n) is 5.40. The summed E-state index contributed by atoms with van der Waals surface area (Å²) in [5, 5.41) is 0. The van der Waals surface area contributed by atoms with Crippen LogP contribution in [0.3, 0.4) is 0 Å². The maximum atomic E-state index is 11.0. The second kappa shape index (κ2) is 6.10. The number of carbonyl (C=O) groups excluding carboxylic acids is 1. The Labute approximate surface area is 94.2 Å². The number of esters is 1. The topological polar surface area (TPSA) is 56.5 Å². The van der Waals surface area contributed by atoms with Crippen molar-refractivity contribution in [3.63, 3.8) is 0 Å². The van der Waals surface area contributed by atoms with Gasteiger partial charge in [-0.3, -0.25) is 4.79 Å². The number of hydrogen-bond donors (Lipinski definition) is 0. The van der Waals surface area contributed by atoms with Crippen molar-refractivity contribution < 1.29 is 13.9 Å². The molecule has 0 saturated carbocycles. The summed E-state index contributed by atoms with van der Waals surface area (Å²) in [6, 6.07) is 4.59. The van der Waals surface area contributed by atoms with E-state index >= 15 is 0 Å². The van der Waals surface area contributed by atoms with E-state index < -0.39 is 11.7 Å². The predicted molar refractivity (Wildman–Crippen MR) is 59.0 cm³/mol. The fraction of sp³-hybridized carbons (Fsp3) is 0.500. The number of unbranched alkanes of at least 4 members (excludes halogenated alkanes) is 1. The molecule has 0 unspecified atom stereocenters. The van der Waals surface area contributed by atoms with Gasteiger partial charge in [0.05, 0.1) is 0 Å². The van der Waals surface area contributed by atoms with Crippen molar-refractivity contribution in [2.75, 3.05) is 0 Å². The van der Waals surface area contributed by atoms with Crippen molar-refractivity contribution in [1.29, 1.82) is 0 Å². The van der Waals surface area contributed by atoms with Gasteiger partial charge in [0.25, 0.3) is 0 Å². The lowest BCUT2D eigenvalue weighted by Gasteiger charge is -2.14. The Morgan fingerprint density at radius 2 is 2.25 bits per heavy atom. The quantitative estimate of drug-likeness (QED) is 0.721. The van der Waals surface area contributed by atoms with Crippen molar-refractivity contribution in [2.24, 2.45) is 0 Å². The molecule has 0 fully saturated rings. The van der Waals surface area contributed by atoms with Crippen LogP contribution in [0.1, 0.15) is 45.0 Å². The minimum absolute atomic E-state index is 0.368. The van der Waals surface area contributed by atoms with Gasteiger partial charge in [-0.25, -0.2) is 4.79 Å². The van der Waals surface area contributed by atoms with Gasteiger partial charge in [-0.1, -0.05) is 19.4 Å². The summed E-state index contributed by atoms with van der Waals surface area (Å²) in [7, 11) is 0. The van der Waals surface area contributed by atoms with Crippen molar-refractivity contribution in [1.82, 2.24) is 0 Å². The first kappa shape index (κ1) is 12.5. The predicted octanol–water partition coefficient (Wildman–Crippen LogP) is 2.43. The first-order chi connectivity index (χ1) is 7.63. The molecule has 0 aromatic carbocycles. The average Bonchev–Trinajstić information content (AvgIpc) is 2.23. The molecule has 0 aliphatic carbocycles. The fourth-order valence-corrected chi connectivity index (χ4v) is 1.43. The van der Waals surface area contributed by atoms with Crippen LogP contribution in [0, 0.1) is 0 Å². The SMILES string of the molecule is CCCC[C@H](OC(C)=O)c1cccc(=O)o1. The van der Waals surface area contributed by atoms with Crippen LogP contribution in [-0.2, 0) is 9.53 Å². The van der Waals surface area contributed by atoms with Gasteiger partial charge in [-0.15, -0.1) is 0 Å². The molecule has 88 valence electrons. The molecule has 0 aliphatic rings. The largest absolute Gasteiger partial charge is 0.454 e. The van der Waals surface area contributed by atoms with Crippen LogP contribution in [-0.4, -0.2) is 5.97 Å². The molecular formula is C12H16O4. The van der Waals surface area contributed by atoms with E-state index in [-0.39, 0.29) is 5.97 Å². The van der Waals surface area contributed by atoms with Gasteiger partial charge in [-0.05, 0) is 18.9 Å². The number of carbonyl (C=O) groups is 1. The highest BCUT2D eigenvalue weighted by Crippen LogP contribution is 2.22. The molecule has 1 aromatic rings. The molecule has 1 aromatic heterocycles. The van der Waals surface area contributed by atoms with Gasteiger partial charge in [0, 0.05) is 13.0 Å². The van der Waals surface area contributed by atoms with E-state index in [2.05, 4.69) is 0 Å². The van der Waals surface area contributed by atoms with Gasteiger partial charge in [0.2, 0.25) is 0 Å². The Kier molecular flexibility index (Phi) is 4.76. The maximum Gasteiger partial charge on any atom is 0.335 e. The third-order valence-corrected chi connectivity index (χ3v) is 2.16. The van der Waals surface area contributed by atoms with E-state index in [0.717, 1.165) is 12.8 Å². The molecule has 0 amide bonds. The van der Waals surface area contributed by atoms with E-state index in [4.69, 9.17) is 9.15 Å². The molecule has 0 N–H and O–H groups in total. The molecule has 0 aliphatic heterocycles. The van der Waals surface area contributed by atoms with E-state index in [1.165, 1.54) is 13.0 Å². The molecule has 4 heteroatoms. The van der Waals surface area contributed by atoms with E-state index in [0.29, 0.717) is 12.2 Å². The zero-order chi connectivity index (χ0) is 12.0.